The summed E-state index contributed by atoms with van der Waals surface area (Å²) in [4.78, 5) is 9.96. The largest absolute Gasteiger partial charge is 0.377 e. The normalized spacial score (nSPS) is 15.7. The molecule has 2 heterocycles. The average molecular weight is 308 g/mol. The molecule has 0 radical (unpaired) electrons. The number of hydrogen-bond acceptors (Lipinski definition) is 4. The molecule has 0 aliphatic carbocycles. The van der Waals surface area contributed by atoms with Crippen molar-refractivity contribution < 1.29 is 4.74 Å². The van der Waals surface area contributed by atoms with E-state index in [1.807, 2.05) is 6.20 Å². The summed E-state index contributed by atoms with van der Waals surface area (Å²) in [5.41, 5.74) is 1.47. The average Bonchev–Trinajstić information content (AvgIpc) is 3.00. The lowest BCUT2D eigenvalue weighted by molar-refractivity contribution is 0.153. The molecule has 6 heteroatoms. The molecule has 0 aromatic carbocycles. The molecular formula is C15H24N4OS. The maximum atomic E-state index is 5.31. The highest BCUT2D eigenvalue weighted by molar-refractivity contribution is 7.11. The summed E-state index contributed by atoms with van der Waals surface area (Å²) in [7, 11) is 1.79. The zero-order chi connectivity index (χ0) is 14.9. The number of nitrogens with zero attached hydrogens (tertiary/aromatic N) is 2. The van der Waals surface area contributed by atoms with E-state index in [0.717, 1.165) is 56.5 Å². The predicted octanol–water partition coefficient (Wildman–Crippen LogP) is 2.11. The van der Waals surface area contributed by atoms with Crippen LogP contribution < -0.4 is 10.6 Å². The summed E-state index contributed by atoms with van der Waals surface area (Å²) in [6.45, 7) is 5.37. The van der Waals surface area contributed by atoms with Crippen LogP contribution in [0.15, 0.2) is 22.8 Å². The second kappa shape index (κ2) is 8.79. The summed E-state index contributed by atoms with van der Waals surface area (Å²) in [6, 6.07) is 0. The van der Waals surface area contributed by atoms with Gasteiger partial charge in [-0.15, -0.1) is 11.3 Å². The Morgan fingerprint density at radius 3 is 3.05 bits per heavy atom. The number of ether oxygens (including phenoxy) is 1. The van der Waals surface area contributed by atoms with E-state index < -0.39 is 0 Å². The first-order chi connectivity index (χ1) is 10.3. The fourth-order valence-corrected chi connectivity index (χ4v) is 2.91. The molecule has 2 N–H and O–H groups in total. The highest BCUT2D eigenvalue weighted by Crippen LogP contribution is 2.13. The van der Waals surface area contributed by atoms with E-state index in [4.69, 9.17) is 4.74 Å². The number of aliphatic imine (C=N–C) groups is 1. The molecule has 0 atom stereocenters. The molecule has 0 saturated heterocycles. The lowest BCUT2D eigenvalue weighted by atomic mass is 10.1. The third kappa shape index (κ3) is 5.47. The topological polar surface area (TPSA) is 58.5 Å². The van der Waals surface area contributed by atoms with Crippen LogP contribution in [0.25, 0.3) is 0 Å². The van der Waals surface area contributed by atoms with Crippen molar-refractivity contribution in [3.63, 3.8) is 0 Å². The summed E-state index contributed by atoms with van der Waals surface area (Å²) < 4.78 is 5.31. The van der Waals surface area contributed by atoms with Gasteiger partial charge in [-0.05, 0) is 19.3 Å². The van der Waals surface area contributed by atoms with Gasteiger partial charge in [0.15, 0.2) is 5.96 Å². The van der Waals surface area contributed by atoms with Gasteiger partial charge in [-0.3, -0.25) is 4.99 Å². The Morgan fingerprint density at radius 1 is 1.48 bits per heavy atom. The van der Waals surface area contributed by atoms with Crippen molar-refractivity contribution in [3.8, 4) is 0 Å². The molecule has 1 aliphatic rings. The van der Waals surface area contributed by atoms with E-state index in [-0.39, 0.29) is 0 Å². The highest BCUT2D eigenvalue weighted by Gasteiger charge is 2.05. The molecule has 0 saturated carbocycles. The molecule has 21 heavy (non-hydrogen) atoms. The Morgan fingerprint density at radius 2 is 2.38 bits per heavy atom. The molecule has 0 spiro atoms. The molecule has 1 aliphatic heterocycles. The van der Waals surface area contributed by atoms with Crippen molar-refractivity contribution in [2.45, 2.75) is 32.7 Å². The van der Waals surface area contributed by atoms with Gasteiger partial charge in [0.05, 0.1) is 19.8 Å². The van der Waals surface area contributed by atoms with Gasteiger partial charge in [0.1, 0.15) is 5.01 Å². The zero-order valence-corrected chi connectivity index (χ0v) is 13.6. The Bertz CT molecular complexity index is 496. The van der Waals surface area contributed by atoms with Crippen molar-refractivity contribution in [3.05, 3.63) is 27.7 Å². The van der Waals surface area contributed by atoms with E-state index in [2.05, 4.69) is 33.6 Å². The van der Waals surface area contributed by atoms with Crippen LogP contribution in [-0.2, 0) is 17.7 Å². The van der Waals surface area contributed by atoms with Gasteiger partial charge < -0.3 is 15.4 Å². The number of aryl methyl sites for hydroxylation is 1. The van der Waals surface area contributed by atoms with Gasteiger partial charge in [0.25, 0.3) is 0 Å². The molecule has 1 aromatic heterocycles. The van der Waals surface area contributed by atoms with E-state index in [1.165, 1.54) is 10.5 Å². The lowest BCUT2D eigenvalue weighted by Gasteiger charge is -2.15. The van der Waals surface area contributed by atoms with E-state index in [1.54, 1.807) is 18.4 Å². The second-order valence-electron chi connectivity index (χ2n) is 4.86. The summed E-state index contributed by atoms with van der Waals surface area (Å²) in [5.74, 6) is 0.830. The SMILES string of the molecule is CCc1cnc(CNC(=NC)NCCC2=CCOCC2)s1. The van der Waals surface area contributed by atoms with Crippen molar-refractivity contribution in [1.82, 2.24) is 15.6 Å². The molecule has 0 fully saturated rings. The first-order valence-electron chi connectivity index (χ1n) is 7.45. The Balaban J connectivity index is 1.69. The van der Waals surface area contributed by atoms with E-state index >= 15 is 0 Å². The van der Waals surface area contributed by atoms with Crippen molar-refractivity contribution in [2.75, 3.05) is 26.8 Å². The van der Waals surface area contributed by atoms with E-state index in [9.17, 15) is 0 Å². The van der Waals surface area contributed by atoms with Gasteiger partial charge in [0, 0.05) is 24.7 Å². The maximum absolute atomic E-state index is 5.31. The fourth-order valence-electron chi connectivity index (χ4n) is 2.11. The van der Waals surface area contributed by atoms with Crippen LogP contribution in [0.4, 0.5) is 0 Å². The third-order valence-corrected chi connectivity index (χ3v) is 4.52. The number of nitrogens with one attached hydrogen (secondary N) is 2. The van der Waals surface area contributed by atoms with Crippen LogP contribution in [0.2, 0.25) is 0 Å². The molecule has 0 bridgehead atoms. The Labute approximate surface area is 130 Å². The molecule has 1 aromatic rings. The van der Waals surface area contributed by atoms with Gasteiger partial charge in [-0.25, -0.2) is 4.98 Å². The molecular weight excluding hydrogens is 284 g/mol. The van der Waals surface area contributed by atoms with Gasteiger partial charge >= 0.3 is 0 Å². The standard InChI is InChI=1S/C15H24N4OS/c1-3-13-10-18-14(21-13)11-19-15(16-2)17-7-4-12-5-8-20-9-6-12/h5,10H,3-4,6-9,11H2,1-2H3,(H2,16,17,19). The number of rotatable bonds is 6. The van der Waals surface area contributed by atoms with Crippen LogP contribution >= 0.6 is 11.3 Å². The van der Waals surface area contributed by atoms with Crippen LogP contribution in [0.1, 0.15) is 29.7 Å². The number of hydrogen-bond donors (Lipinski definition) is 2. The van der Waals surface area contributed by atoms with Crippen LogP contribution in [0.3, 0.4) is 0 Å². The summed E-state index contributed by atoms with van der Waals surface area (Å²) >= 11 is 1.75. The quantitative estimate of drug-likeness (QED) is 0.480. The molecule has 5 nitrogen and oxygen atoms in total. The minimum atomic E-state index is 0.723. The molecule has 116 valence electrons. The summed E-state index contributed by atoms with van der Waals surface area (Å²) in [6.07, 6.45) is 7.27. The van der Waals surface area contributed by atoms with Crippen LogP contribution in [0, 0.1) is 0 Å². The zero-order valence-electron chi connectivity index (χ0n) is 12.8. The van der Waals surface area contributed by atoms with Crippen molar-refractivity contribution >= 4 is 17.3 Å². The van der Waals surface area contributed by atoms with Gasteiger partial charge in [-0.1, -0.05) is 18.6 Å². The van der Waals surface area contributed by atoms with Crippen molar-refractivity contribution in [1.29, 1.82) is 0 Å². The first-order valence-corrected chi connectivity index (χ1v) is 8.27. The number of aromatic nitrogens is 1. The van der Waals surface area contributed by atoms with Crippen molar-refractivity contribution in [2.24, 2.45) is 4.99 Å². The fraction of sp³-hybridized carbons (Fsp3) is 0.600. The van der Waals surface area contributed by atoms with E-state index in [0.29, 0.717) is 0 Å². The first kappa shape index (κ1) is 16.0. The van der Waals surface area contributed by atoms with Crippen LogP contribution in [0.5, 0.6) is 0 Å². The Kier molecular flexibility index (Phi) is 6.69. The molecule has 2 rings (SSSR count). The van der Waals surface area contributed by atoms with Gasteiger partial charge in [-0.2, -0.15) is 0 Å². The third-order valence-electron chi connectivity index (χ3n) is 3.38. The second-order valence-corrected chi connectivity index (χ2v) is 6.06. The molecule has 0 amide bonds. The Hall–Kier alpha value is -1.40. The predicted molar refractivity (Wildman–Crippen MR) is 87.8 cm³/mol. The minimum Gasteiger partial charge on any atom is -0.377 e. The minimum absolute atomic E-state index is 0.723. The molecule has 0 unspecified atom stereocenters. The van der Waals surface area contributed by atoms with Gasteiger partial charge in [0.2, 0.25) is 0 Å². The highest BCUT2D eigenvalue weighted by atomic mass is 32.1. The smallest absolute Gasteiger partial charge is 0.191 e. The lowest BCUT2D eigenvalue weighted by Crippen LogP contribution is -2.37. The number of guanidine groups is 1. The summed E-state index contributed by atoms with van der Waals surface area (Å²) in [5, 5.41) is 7.74. The monoisotopic (exact) mass is 308 g/mol. The maximum Gasteiger partial charge on any atom is 0.191 e. The van der Waals surface area contributed by atoms with Crippen LogP contribution in [-0.4, -0.2) is 37.7 Å². The number of thiazole rings is 1.